The number of nitriles is 1. The molecule has 2 aromatic rings. The molecule has 2 aromatic carbocycles. The molecule has 166 valence electrons. The van der Waals surface area contributed by atoms with Crippen molar-refractivity contribution in [3.05, 3.63) is 70.4 Å². The molecule has 0 atom stereocenters. The van der Waals surface area contributed by atoms with E-state index in [0.29, 0.717) is 35.2 Å². The molecule has 32 heavy (non-hydrogen) atoms. The van der Waals surface area contributed by atoms with Crippen molar-refractivity contribution in [2.24, 2.45) is 0 Å². The molecule has 1 aliphatic carbocycles. The van der Waals surface area contributed by atoms with Gasteiger partial charge in [0.25, 0.3) is 0 Å². The van der Waals surface area contributed by atoms with Crippen molar-refractivity contribution in [3.8, 4) is 11.8 Å². The van der Waals surface area contributed by atoms with Gasteiger partial charge in [0.15, 0.2) is 5.78 Å². The van der Waals surface area contributed by atoms with Gasteiger partial charge in [0.05, 0.1) is 23.7 Å². The van der Waals surface area contributed by atoms with Crippen molar-refractivity contribution >= 4 is 17.6 Å². The smallest absolute Gasteiger partial charge is 0.410 e. The van der Waals surface area contributed by atoms with E-state index in [4.69, 9.17) is 10.00 Å². The number of allylic oxidation sites excluding steroid dienone is 1. The summed E-state index contributed by atoms with van der Waals surface area (Å²) in [5.41, 5.74) is 1.19. The van der Waals surface area contributed by atoms with Crippen LogP contribution in [0.3, 0.4) is 0 Å². The van der Waals surface area contributed by atoms with E-state index >= 15 is 0 Å². The minimum absolute atomic E-state index is 0.131. The third-order valence-corrected chi connectivity index (χ3v) is 4.93. The number of ether oxygens (including phenoxy) is 1. The molecule has 0 fully saturated rings. The van der Waals surface area contributed by atoms with Crippen LogP contribution in [0.5, 0.6) is 5.75 Å². The lowest BCUT2D eigenvalue weighted by Gasteiger charge is -2.21. The minimum atomic E-state index is -4.48. The van der Waals surface area contributed by atoms with Crippen molar-refractivity contribution in [2.75, 3.05) is 11.9 Å². The molecule has 9 heteroatoms. The molecule has 0 spiro atoms. The van der Waals surface area contributed by atoms with E-state index in [2.05, 4.69) is 10.6 Å². The molecule has 1 amide bonds. The average molecular weight is 443 g/mol. The molecule has 0 aromatic heterocycles. The van der Waals surface area contributed by atoms with Crippen LogP contribution in [0, 0.1) is 18.3 Å². The van der Waals surface area contributed by atoms with Gasteiger partial charge in [-0.15, -0.1) is 0 Å². The Morgan fingerprint density at radius 3 is 2.66 bits per heavy atom. The lowest BCUT2D eigenvalue weighted by molar-refractivity contribution is -0.137. The van der Waals surface area contributed by atoms with Gasteiger partial charge in [-0.3, -0.25) is 4.79 Å². The SMILES string of the molecule is Cc1cc(C#N)ccc1OC(=O)NCC1=C(Nc2cccc(C(F)(F)F)c2)CCCC1=O. The third-order valence-electron chi connectivity index (χ3n) is 4.93. The second kappa shape index (κ2) is 9.56. The van der Waals surface area contributed by atoms with E-state index in [1.807, 2.05) is 6.07 Å². The number of carbonyl (C=O) groups excluding carboxylic acids is 2. The van der Waals surface area contributed by atoms with Gasteiger partial charge >= 0.3 is 12.3 Å². The van der Waals surface area contributed by atoms with Gasteiger partial charge in [0.2, 0.25) is 0 Å². The highest BCUT2D eigenvalue weighted by molar-refractivity contribution is 5.98. The highest BCUT2D eigenvalue weighted by atomic mass is 19.4. The summed E-state index contributed by atoms with van der Waals surface area (Å²) in [6.07, 6.45) is -3.97. The summed E-state index contributed by atoms with van der Waals surface area (Å²) >= 11 is 0. The molecule has 2 N–H and O–H groups in total. The van der Waals surface area contributed by atoms with Crippen LogP contribution < -0.4 is 15.4 Å². The van der Waals surface area contributed by atoms with E-state index in [1.165, 1.54) is 24.3 Å². The number of carbonyl (C=O) groups is 2. The zero-order valence-corrected chi connectivity index (χ0v) is 17.2. The monoisotopic (exact) mass is 443 g/mol. The Labute approximate surface area is 182 Å². The van der Waals surface area contributed by atoms with Crippen molar-refractivity contribution in [3.63, 3.8) is 0 Å². The normalized spacial score (nSPS) is 14.0. The molecular weight excluding hydrogens is 423 g/mol. The molecule has 0 heterocycles. The van der Waals surface area contributed by atoms with E-state index in [0.717, 1.165) is 12.1 Å². The van der Waals surface area contributed by atoms with Gasteiger partial charge in [-0.25, -0.2) is 4.79 Å². The zero-order chi connectivity index (χ0) is 23.3. The van der Waals surface area contributed by atoms with E-state index in [9.17, 15) is 22.8 Å². The number of halogens is 3. The number of aryl methyl sites for hydroxylation is 1. The fraction of sp³-hybridized carbons (Fsp3) is 0.261. The Kier molecular flexibility index (Phi) is 6.83. The van der Waals surface area contributed by atoms with Crippen LogP contribution in [0.4, 0.5) is 23.7 Å². The molecule has 6 nitrogen and oxygen atoms in total. The maximum Gasteiger partial charge on any atom is 0.416 e. The Morgan fingerprint density at radius 2 is 1.97 bits per heavy atom. The van der Waals surface area contributed by atoms with Gasteiger partial charge in [-0.1, -0.05) is 6.07 Å². The fourth-order valence-electron chi connectivity index (χ4n) is 3.32. The van der Waals surface area contributed by atoms with Crippen molar-refractivity contribution in [1.82, 2.24) is 5.32 Å². The van der Waals surface area contributed by atoms with E-state index in [-0.39, 0.29) is 30.2 Å². The number of anilines is 1. The average Bonchev–Trinajstić information content (AvgIpc) is 2.74. The first-order chi connectivity index (χ1) is 15.2. The van der Waals surface area contributed by atoms with Crippen LogP contribution in [0.15, 0.2) is 53.7 Å². The number of hydrogen-bond donors (Lipinski definition) is 2. The van der Waals surface area contributed by atoms with Crippen LogP contribution in [-0.4, -0.2) is 18.4 Å². The Balaban J connectivity index is 1.72. The number of Topliss-reactive ketones (excluding diaryl/α,β-unsaturated/α-hetero) is 1. The number of rotatable bonds is 5. The Bertz CT molecular complexity index is 1120. The molecule has 0 radical (unpaired) electrons. The number of amides is 1. The molecule has 0 unspecified atom stereocenters. The van der Waals surface area contributed by atoms with Crippen LogP contribution in [0.2, 0.25) is 0 Å². The van der Waals surface area contributed by atoms with Gasteiger partial charge in [0, 0.05) is 23.4 Å². The van der Waals surface area contributed by atoms with Crippen LogP contribution in [0.1, 0.15) is 36.0 Å². The van der Waals surface area contributed by atoms with Crippen LogP contribution in [-0.2, 0) is 11.0 Å². The topological polar surface area (TPSA) is 91.2 Å². The maximum atomic E-state index is 13.0. The maximum absolute atomic E-state index is 13.0. The van der Waals surface area contributed by atoms with Crippen molar-refractivity contribution < 1.29 is 27.5 Å². The first-order valence-electron chi connectivity index (χ1n) is 9.83. The summed E-state index contributed by atoms with van der Waals surface area (Å²) in [5.74, 6) is 0.0772. The van der Waals surface area contributed by atoms with E-state index in [1.54, 1.807) is 13.0 Å². The van der Waals surface area contributed by atoms with Gasteiger partial charge in [0.1, 0.15) is 5.75 Å². The molecular formula is C23H20F3N3O3. The number of hydrogen-bond acceptors (Lipinski definition) is 5. The quantitative estimate of drug-likeness (QED) is 0.672. The summed E-state index contributed by atoms with van der Waals surface area (Å²) in [6, 6.07) is 11.3. The Morgan fingerprint density at radius 1 is 1.19 bits per heavy atom. The summed E-state index contributed by atoms with van der Waals surface area (Å²) in [7, 11) is 0. The number of benzene rings is 2. The first-order valence-corrected chi connectivity index (χ1v) is 9.83. The van der Waals surface area contributed by atoms with Gasteiger partial charge in [-0.2, -0.15) is 18.4 Å². The highest BCUT2D eigenvalue weighted by Gasteiger charge is 2.30. The molecule has 0 aliphatic heterocycles. The van der Waals surface area contributed by atoms with Crippen LogP contribution in [0.25, 0.3) is 0 Å². The summed E-state index contributed by atoms with van der Waals surface area (Å²) < 4.78 is 44.2. The van der Waals surface area contributed by atoms with Crippen molar-refractivity contribution in [2.45, 2.75) is 32.4 Å². The largest absolute Gasteiger partial charge is 0.416 e. The molecule has 0 saturated carbocycles. The summed E-state index contributed by atoms with van der Waals surface area (Å²) in [4.78, 5) is 24.6. The fourth-order valence-corrected chi connectivity index (χ4v) is 3.32. The van der Waals surface area contributed by atoms with Crippen LogP contribution >= 0.6 is 0 Å². The second-order valence-electron chi connectivity index (χ2n) is 7.27. The second-order valence-corrected chi connectivity index (χ2v) is 7.27. The third kappa shape index (κ3) is 5.66. The van der Waals surface area contributed by atoms with Gasteiger partial charge in [-0.05, 0) is 61.7 Å². The minimum Gasteiger partial charge on any atom is -0.410 e. The zero-order valence-electron chi connectivity index (χ0n) is 17.2. The molecule has 0 bridgehead atoms. The Hall–Kier alpha value is -3.80. The predicted molar refractivity (Wildman–Crippen MR) is 111 cm³/mol. The lowest BCUT2D eigenvalue weighted by Crippen LogP contribution is -2.33. The number of alkyl halides is 3. The number of nitrogens with zero attached hydrogens (tertiary/aromatic N) is 1. The highest BCUT2D eigenvalue weighted by Crippen LogP contribution is 2.32. The molecule has 3 rings (SSSR count). The van der Waals surface area contributed by atoms with Crippen molar-refractivity contribution in [1.29, 1.82) is 5.26 Å². The van der Waals surface area contributed by atoms with Gasteiger partial charge < -0.3 is 15.4 Å². The molecule has 1 aliphatic rings. The summed E-state index contributed by atoms with van der Waals surface area (Å²) in [5, 5.41) is 14.3. The molecule has 0 saturated heterocycles. The number of ketones is 1. The predicted octanol–water partition coefficient (Wildman–Crippen LogP) is 5.09. The lowest BCUT2D eigenvalue weighted by atomic mass is 9.94. The number of nitrogens with one attached hydrogen (secondary N) is 2. The van der Waals surface area contributed by atoms with E-state index < -0.39 is 17.8 Å². The summed E-state index contributed by atoms with van der Waals surface area (Å²) in [6.45, 7) is 1.56. The standard InChI is InChI=1S/C23H20F3N3O3/c1-14-10-15(12-27)8-9-21(14)32-22(31)28-13-18-19(6-3-7-20(18)30)29-17-5-2-4-16(11-17)23(24,25)26/h2,4-5,8-11,29H,3,6-7,13H2,1H3,(H,28,31). The first kappa shape index (κ1) is 22.9.